The number of carbonyl (C=O) groups is 1. The first-order valence-electron chi connectivity index (χ1n) is 7.58. The quantitative estimate of drug-likeness (QED) is 0.699. The van der Waals surface area contributed by atoms with Crippen LogP contribution in [0.15, 0.2) is 36.5 Å². The lowest BCUT2D eigenvalue weighted by atomic mass is 10.0. The molecular formula is C20H16N2O. The number of rotatable bonds is 3. The zero-order valence-corrected chi connectivity index (χ0v) is 12.7. The average molecular weight is 300 g/mol. The van der Waals surface area contributed by atoms with Crippen LogP contribution in [0, 0.1) is 24.2 Å². The number of terminal acetylenes is 1. The molecule has 0 radical (unpaired) electrons. The van der Waals surface area contributed by atoms with E-state index in [0.717, 1.165) is 47.2 Å². The molecular weight excluding hydrogens is 284 g/mol. The van der Waals surface area contributed by atoms with Gasteiger partial charge in [-0.1, -0.05) is 23.8 Å². The maximum Gasteiger partial charge on any atom is 0.251 e. The number of hydrogen-bond donors (Lipinski definition) is 1. The van der Waals surface area contributed by atoms with E-state index < -0.39 is 0 Å². The van der Waals surface area contributed by atoms with Crippen molar-refractivity contribution in [1.82, 2.24) is 10.3 Å². The van der Waals surface area contributed by atoms with Crippen LogP contribution in [0.4, 0.5) is 0 Å². The molecule has 0 saturated carbocycles. The Hall–Kier alpha value is -3.04. The first-order chi connectivity index (χ1) is 11.3. The van der Waals surface area contributed by atoms with Crippen LogP contribution in [-0.2, 0) is 13.0 Å². The van der Waals surface area contributed by atoms with Gasteiger partial charge < -0.3 is 5.32 Å². The van der Waals surface area contributed by atoms with Gasteiger partial charge in [-0.05, 0) is 42.7 Å². The number of fused-ring (bicyclic) bond motifs is 1. The van der Waals surface area contributed by atoms with Crippen LogP contribution < -0.4 is 5.32 Å². The summed E-state index contributed by atoms with van der Waals surface area (Å²) in [5, 5.41) is 2.83. The van der Waals surface area contributed by atoms with Crippen LogP contribution in [0.25, 0.3) is 0 Å². The second kappa shape index (κ2) is 6.81. The fraction of sp³-hybridized carbons (Fsp3) is 0.200. The zero-order valence-electron chi connectivity index (χ0n) is 12.7. The number of benzene rings is 1. The molecule has 1 aromatic carbocycles. The molecule has 1 amide bonds. The Morgan fingerprint density at radius 1 is 1.26 bits per heavy atom. The molecule has 0 atom stereocenters. The van der Waals surface area contributed by atoms with Crippen molar-refractivity contribution in [3.63, 3.8) is 0 Å². The van der Waals surface area contributed by atoms with Gasteiger partial charge in [-0.2, -0.15) is 0 Å². The summed E-state index contributed by atoms with van der Waals surface area (Å²) in [4.78, 5) is 15.9. The van der Waals surface area contributed by atoms with Crippen LogP contribution >= 0.6 is 0 Å². The maximum atomic E-state index is 11.6. The lowest BCUT2D eigenvalue weighted by Gasteiger charge is -1.99. The van der Waals surface area contributed by atoms with Crippen molar-refractivity contribution in [3.05, 3.63) is 64.5 Å². The third-order valence-electron chi connectivity index (χ3n) is 3.80. The summed E-state index contributed by atoms with van der Waals surface area (Å²) >= 11 is 0. The minimum absolute atomic E-state index is 0.00913. The topological polar surface area (TPSA) is 42.0 Å². The van der Waals surface area contributed by atoms with Crippen molar-refractivity contribution in [3.8, 4) is 24.2 Å². The van der Waals surface area contributed by atoms with Gasteiger partial charge in [0, 0.05) is 41.5 Å². The summed E-state index contributed by atoms with van der Waals surface area (Å²) in [5.74, 6) is 8.92. The lowest BCUT2D eigenvalue weighted by Crippen LogP contribution is -2.12. The van der Waals surface area contributed by atoms with E-state index in [4.69, 9.17) is 6.42 Å². The summed E-state index contributed by atoms with van der Waals surface area (Å²) in [5.41, 5.74) is 4.53. The highest BCUT2D eigenvalue weighted by molar-refractivity contribution is 5.98. The standard InChI is InChI=1S/C20H16N2O/c1-2-15-11-12-17(21-13-15)9-5-3-4-7-16-8-6-10-18-19(16)14-22-20(18)23/h1,6,8,10-13H,3,5,9,14H2,(H,22,23). The zero-order chi connectivity index (χ0) is 16.1. The molecule has 1 N–H and O–H groups in total. The van der Waals surface area contributed by atoms with Gasteiger partial charge in [-0.3, -0.25) is 9.78 Å². The van der Waals surface area contributed by atoms with Gasteiger partial charge >= 0.3 is 0 Å². The van der Waals surface area contributed by atoms with Crippen LogP contribution in [-0.4, -0.2) is 10.9 Å². The van der Waals surface area contributed by atoms with E-state index >= 15 is 0 Å². The highest BCUT2D eigenvalue weighted by atomic mass is 16.1. The van der Waals surface area contributed by atoms with Gasteiger partial charge in [0.2, 0.25) is 0 Å². The fourth-order valence-corrected chi connectivity index (χ4v) is 2.54. The van der Waals surface area contributed by atoms with Gasteiger partial charge in [0.25, 0.3) is 5.91 Å². The number of unbranched alkanes of at least 4 members (excludes halogenated alkanes) is 1. The minimum atomic E-state index is -0.00913. The summed E-state index contributed by atoms with van der Waals surface area (Å²) in [6, 6.07) is 9.56. The molecule has 0 fully saturated rings. The molecule has 3 heteroatoms. The Bertz CT molecular complexity index is 833. The first kappa shape index (κ1) is 14.9. The largest absolute Gasteiger partial charge is 0.348 e. The SMILES string of the molecule is C#Cc1ccc(CCCC#Cc2cccc3c2CNC3=O)nc1. The third-order valence-corrected chi connectivity index (χ3v) is 3.80. The predicted octanol–water partition coefficient (Wildman–Crippen LogP) is 2.68. The number of amides is 1. The molecule has 1 aromatic heterocycles. The molecule has 0 aliphatic carbocycles. The molecule has 2 heterocycles. The number of aromatic nitrogens is 1. The predicted molar refractivity (Wildman–Crippen MR) is 89.6 cm³/mol. The summed E-state index contributed by atoms with van der Waals surface area (Å²) < 4.78 is 0. The van der Waals surface area contributed by atoms with Gasteiger partial charge in [-0.25, -0.2) is 0 Å². The van der Waals surface area contributed by atoms with Gasteiger partial charge in [-0.15, -0.1) is 6.42 Å². The molecule has 0 bridgehead atoms. The molecule has 0 unspecified atom stereocenters. The Labute approximate surface area is 136 Å². The molecule has 23 heavy (non-hydrogen) atoms. The Balaban J connectivity index is 1.57. The third kappa shape index (κ3) is 3.42. The van der Waals surface area contributed by atoms with Crippen molar-refractivity contribution in [2.24, 2.45) is 0 Å². The number of nitrogens with one attached hydrogen (secondary N) is 1. The second-order valence-corrected chi connectivity index (χ2v) is 5.35. The summed E-state index contributed by atoms with van der Waals surface area (Å²) in [7, 11) is 0. The molecule has 3 rings (SSSR count). The van der Waals surface area contributed by atoms with Crippen molar-refractivity contribution in [1.29, 1.82) is 0 Å². The highest BCUT2D eigenvalue weighted by Gasteiger charge is 2.20. The molecule has 1 aliphatic rings. The van der Waals surface area contributed by atoms with Gasteiger partial charge in [0.1, 0.15) is 0 Å². The highest BCUT2D eigenvalue weighted by Crippen LogP contribution is 2.19. The minimum Gasteiger partial charge on any atom is -0.348 e. The van der Waals surface area contributed by atoms with E-state index in [-0.39, 0.29) is 5.91 Å². The van der Waals surface area contributed by atoms with Crippen molar-refractivity contribution >= 4 is 5.91 Å². The maximum absolute atomic E-state index is 11.6. The van der Waals surface area contributed by atoms with Crippen molar-refractivity contribution in [2.75, 3.05) is 0 Å². The van der Waals surface area contributed by atoms with Crippen LogP contribution in [0.5, 0.6) is 0 Å². The fourth-order valence-electron chi connectivity index (χ4n) is 2.54. The van der Waals surface area contributed by atoms with E-state index in [1.165, 1.54) is 0 Å². The van der Waals surface area contributed by atoms with Gasteiger partial charge in [0.05, 0.1) is 0 Å². The molecule has 1 aliphatic heterocycles. The smallest absolute Gasteiger partial charge is 0.251 e. The van der Waals surface area contributed by atoms with Crippen molar-refractivity contribution < 1.29 is 4.79 Å². The number of carbonyl (C=O) groups excluding carboxylic acids is 1. The van der Waals surface area contributed by atoms with E-state index in [9.17, 15) is 4.79 Å². The Kier molecular flexibility index (Phi) is 4.41. The Morgan fingerprint density at radius 2 is 2.17 bits per heavy atom. The van der Waals surface area contributed by atoms with E-state index in [1.54, 1.807) is 6.20 Å². The molecule has 112 valence electrons. The number of nitrogens with zero attached hydrogens (tertiary/aromatic N) is 1. The number of pyridine rings is 1. The molecule has 0 spiro atoms. The first-order valence-corrected chi connectivity index (χ1v) is 7.58. The number of hydrogen-bond acceptors (Lipinski definition) is 2. The van der Waals surface area contributed by atoms with Gasteiger partial charge in [0.15, 0.2) is 0 Å². The lowest BCUT2D eigenvalue weighted by molar-refractivity contribution is 0.0966. The number of aryl methyl sites for hydroxylation is 1. The van der Waals surface area contributed by atoms with Crippen LogP contribution in [0.3, 0.4) is 0 Å². The second-order valence-electron chi connectivity index (χ2n) is 5.35. The van der Waals surface area contributed by atoms with Crippen LogP contribution in [0.1, 0.15) is 45.6 Å². The van der Waals surface area contributed by atoms with E-state index in [0.29, 0.717) is 6.54 Å². The van der Waals surface area contributed by atoms with Crippen LogP contribution in [0.2, 0.25) is 0 Å². The van der Waals surface area contributed by atoms with E-state index in [2.05, 4.69) is 28.1 Å². The summed E-state index contributed by atoms with van der Waals surface area (Å²) in [6.45, 7) is 0.574. The normalized spacial score (nSPS) is 11.9. The molecule has 3 nitrogen and oxygen atoms in total. The average Bonchev–Trinajstić information content (AvgIpc) is 2.97. The Morgan fingerprint density at radius 3 is 2.96 bits per heavy atom. The monoisotopic (exact) mass is 300 g/mol. The molecule has 0 saturated heterocycles. The van der Waals surface area contributed by atoms with Crippen molar-refractivity contribution in [2.45, 2.75) is 25.8 Å². The van der Waals surface area contributed by atoms with E-state index in [1.807, 2.05) is 30.3 Å². The molecule has 2 aromatic rings. The summed E-state index contributed by atoms with van der Waals surface area (Å²) in [6.07, 6.45) is 9.65.